The predicted octanol–water partition coefficient (Wildman–Crippen LogP) is 3.32. The molecule has 26 heavy (non-hydrogen) atoms. The van der Waals surface area contributed by atoms with Gasteiger partial charge < -0.3 is 19.1 Å². The fourth-order valence-corrected chi connectivity index (χ4v) is 2.78. The van der Waals surface area contributed by atoms with Gasteiger partial charge in [-0.25, -0.2) is 0 Å². The number of benzene rings is 1. The topological polar surface area (TPSA) is 46.9 Å². The van der Waals surface area contributed by atoms with E-state index in [-0.39, 0.29) is 6.61 Å². The van der Waals surface area contributed by atoms with Gasteiger partial charge in [0.25, 0.3) is 0 Å². The first-order chi connectivity index (χ1) is 12.5. The van der Waals surface area contributed by atoms with Crippen LogP contribution < -0.4 is 9.47 Å². The van der Waals surface area contributed by atoms with Crippen molar-refractivity contribution < 1.29 is 14.6 Å². The van der Waals surface area contributed by atoms with E-state index in [2.05, 4.69) is 48.7 Å². The summed E-state index contributed by atoms with van der Waals surface area (Å²) in [6.45, 7) is 7.11. The summed E-state index contributed by atoms with van der Waals surface area (Å²) in [5.74, 6) is 2.17. The van der Waals surface area contributed by atoms with E-state index in [0.29, 0.717) is 12.5 Å². The number of aryl methyl sites for hydroxylation is 1. The Kier molecular flexibility index (Phi) is 8.01. The fraction of sp³-hybridized carbons (Fsp3) is 0.524. The predicted molar refractivity (Wildman–Crippen MR) is 105 cm³/mol. The molecule has 0 aliphatic rings. The van der Waals surface area contributed by atoms with Crippen LogP contribution >= 0.6 is 0 Å². The molecule has 0 saturated carbocycles. The lowest BCUT2D eigenvalue weighted by molar-refractivity contribution is 0.0632. The number of methoxy groups -OCH3 is 1. The van der Waals surface area contributed by atoms with Crippen LogP contribution in [0.3, 0.4) is 0 Å². The zero-order valence-corrected chi connectivity index (χ0v) is 16.4. The van der Waals surface area contributed by atoms with Gasteiger partial charge in [-0.2, -0.15) is 0 Å². The minimum atomic E-state index is -0.537. The summed E-state index contributed by atoms with van der Waals surface area (Å²) in [5.41, 5.74) is 1.25. The Morgan fingerprint density at radius 3 is 2.38 bits per heavy atom. The summed E-state index contributed by atoms with van der Waals surface area (Å²) in [6, 6.07) is 11.6. The van der Waals surface area contributed by atoms with E-state index in [9.17, 15) is 5.11 Å². The Labute approximate surface area is 157 Å². The Hall–Kier alpha value is -1.98. The monoisotopic (exact) mass is 360 g/mol. The molecule has 5 heteroatoms. The zero-order chi connectivity index (χ0) is 18.9. The number of ether oxygens (including phenoxy) is 2. The maximum absolute atomic E-state index is 10.4. The highest BCUT2D eigenvalue weighted by Gasteiger charge is 2.15. The molecular weight excluding hydrogens is 328 g/mol. The molecule has 0 bridgehead atoms. The first-order valence-electron chi connectivity index (χ1n) is 9.25. The molecule has 0 fully saturated rings. The molecule has 0 spiro atoms. The van der Waals surface area contributed by atoms with Crippen molar-refractivity contribution in [2.45, 2.75) is 32.9 Å². The van der Waals surface area contributed by atoms with Crippen LogP contribution in [0.25, 0.3) is 0 Å². The molecule has 0 radical (unpaired) electrons. The molecule has 0 aliphatic carbocycles. The summed E-state index contributed by atoms with van der Waals surface area (Å²) >= 11 is 0. The highest BCUT2D eigenvalue weighted by molar-refractivity contribution is 5.31. The van der Waals surface area contributed by atoms with E-state index in [1.807, 2.05) is 24.3 Å². The second-order valence-electron chi connectivity index (χ2n) is 7.17. The van der Waals surface area contributed by atoms with Gasteiger partial charge in [-0.1, -0.05) is 13.8 Å². The first-order valence-corrected chi connectivity index (χ1v) is 9.25. The number of aliphatic hydroxyl groups is 1. The molecule has 5 nitrogen and oxygen atoms in total. The lowest BCUT2D eigenvalue weighted by Crippen LogP contribution is -2.36. The molecule has 2 aromatic rings. The van der Waals surface area contributed by atoms with E-state index < -0.39 is 6.10 Å². The molecule has 0 amide bonds. The number of nitrogens with zero attached hydrogens (tertiary/aromatic N) is 2. The third kappa shape index (κ3) is 6.73. The Morgan fingerprint density at radius 1 is 1.12 bits per heavy atom. The van der Waals surface area contributed by atoms with Gasteiger partial charge in [0.05, 0.1) is 7.11 Å². The summed E-state index contributed by atoms with van der Waals surface area (Å²) in [7, 11) is 3.69. The lowest BCUT2D eigenvalue weighted by Gasteiger charge is -2.26. The first kappa shape index (κ1) is 20.3. The summed E-state index contributed by atoms with van der Waals surface area (Å²) in [5, 5.41) is 10.4. The van der Waals surface area contributed by atoms with Gasteiger partial charge >= 0.3 is 0 Å². The Morgan fingerprint density at radius 2 is 1.81 bits per heavy atom. The van der Waals surface area contributed by atoms with Crippen molar-refractivity contribution in [2.75, 3.05) is 26.8 Å². The molecule has 1 heterocycles. The number of aromatic nitrogens is 1. The molecule has 0 aliphatic heterocycles. The van der Waals surface area contributed by atoms with Gasteiger partial charge in [-0.15, -0.1) is 0 Å². The van der Waals surface area contributed by atoms with Crippen LogP contribution in [0.1, 0.15) is 26.0 Å². The summed E-state index contributed by atoms with van der Waals surface area (Å²) in [6.07, 6.45) is 2.62. The van der Waals surface area contributed by atoms with Crippen LogP contribution in [0.15, 0.2) is 42.6 Å². The van der Waals surface area contributed by atoms with Crippen LogP contribution in [0.2, 0.25) is 0 Å². The summed E-state index contributed by atoms with van der Waals surface area (Å²) in [4.78, 5) is 2.30. The molecule has 0 saturated heterocycles. The van der Waals surface area contributed by atoms with Crippen LogP contribution in [-0.2, 0) is 13.6 Å². The molecule has 144 valence electrons. The minimum absolute atomic E-state index is 0.275. The van der Waals surface area contributed by atoms with Crippen LogP contribution in [-0.4, -0.2) is 47.5 Å². The van der Waals surface area contributed by atoms with Gasteiger partial charge in [0.1, 0.15) is 24.2 Å². The van der Waals surface area contributed by atoms with Crippen molar-refractivity contribution in [2.24, 2.45) is 13.0 Å². The average Bonchev–Trinajstić information content (AvgIpc) is 3.03. The maximum atomic E-state index is 10.4. The smallest absolute Gasteiger partial charge is 0.119 e. The van der Waals surface area contributed by atoms with Crippen molar-refractivity contribution in [3.8, 4) is 11.5 Å². The summed E-state index contributed by atoms with van der Waals surface area (Å²) < 4.78 is 13.0. The molecule has 2 rings (SSSR count). The van der Waals surface area contributed by atoms with E-state index in [0.717, 1.165) is 31.0 Å². The number of aliphatic hydroxyl groups excluding tert-OH is 1. The van der Waals surface area contributed by atoms with Gasteiger partial charge in [0.2, 0.25) is 0 Å². The number of rotatable bonds is 11. The highest BCUT2D eigenvalue weighted by atomic mass is 16.5. The van der Waals surface area contributed by atoms with Gasteiger partial charge in [-0.3, -0.25) is 4.90 Å². The van der Waals surface area contributed by atoms with Crippen molar-refractivity contribution in [3.63, 3.8) is 0 Å². The van der Waals surface area contributed by atoms with Crippen molar-refractivity contribution >= 4 is 0 Å². The van der Waals surface area contributed by atoms with Crippen LogP contribution in [0.4, 0.5) is 0 Å². The average molecular weight is 360 g/mol. The molecule has 1 N–H and O–H groups in total. The largest absolute Gasteiger partial charge is 0.497 e. The molecular formula is C21H32N2O3. The Balaban J connectivity index is 1.87. The van der Waals surface area contributed by atoms with Crippen LogP contribution in [0, 0.1) is 5.92 Å². The molecule has 1 aromatic heterocycles. The minimum Gasteiger partial charge on any atom is -0.497 e. The molecule has 1 unspecified atom stereocenters. The van der Waals surface area contributed by atoms with Crippen molar-refractivity contribution in [1.82, 2.24) is 9.47 Å². The fourth-order valence-electron chi connectivity index (χ4n) is 2.78. The quantitative estimate of drug-likeness (QED) is 0.668. The van der Waals surface area contributed by atoms with E-state index >= 15 is 0 Å². The molecule has 1 aromatic carbocycles. The maximum Gasteiger partial charge on any atom is 0.119 e. The SMILES string of the molecule is COc1ccc(OCC(O)CN(CCC(C)C)Cc2cccn2C)cc1. The van der Waals surface area contributed by atoms with Gasteiger partial charge in [0.15, 0.2) is 0 Å². The second-order valence-corrected chi connectivity index (χ2v) is 7.17. The normalized spacial score (nSPS) is 12.6. The third-order valence-electron chi connectivity index (χ3n) is 4.43. The molecule has 1 atom stereocenters. The Bertz CT molecular complexity index is 637. The van der Waals surface area contributed by atoms with Gasteiger partial charge in [0, 0.05) is 32.0 Å². The second kappa shape index (κ2) is 10.2. The van der Waals surface area contributed by atoms with E-state index in [4.69, 9.17) is 9.47 Å². The lowest BCUT2D eigenvalue weighted by atomic mass is 10.1. The van der Waals surface area contributed by atoms with Gasteiger partial charge in [-0.05, 0) is 55.3 Å². The van der Waals surface area contributed by atoms with Crippen molar-refractivity contribution in [1.29, 1.82) is 0 Å². The zero-order valence-electron chi connectivity index (χ0n) is 16.4. The third-order valence-corrected chi connectivity index (χ3v) is 4.43. The highest BCUT2D eigenvalue weighted by Crippen LogP contribution is 2.17. The number of hydrogen-bond donors (Lipinski definition) is 1. The van der Waals surface area contributed by atoms with E-state index in [1.54, 1.807) is 7.11 Å². The standard InChI is InChI=1S/C21H32N2O3/c1-17(2)11-13-23(14-18-6-5-12-22(18)3)15-19(24)16-26-21-9-7-20(25-4)8-10-21/h5-10,12,17,19,24H,11,13-16H2,1-4H3. The van der Waals surface area contributed by atoms with Crippen LogP contribution in [0.5, 0.6) is 11.5 Å². The van der Waals surface area contributed by atoms with Crippen molar-refractivity contribution in [3.05, 3.63) is 48.3 Å². The number of hydrogen-bond acceptors (Lipinski definition) is 4. The van der Waals surface area contributed by atoms with E-state index in [1.165, 1.54) is 5.69 Å².